The number of carboxylic acid groups (broad SMARTS) is 1. The van der Waals surface area contributed by atoms with Crippen molar-refractivity contribution < 1.29 is 27.9 Å². The van der Waals surface area contributed by atoms with E-state index in [9.17, 15) is 23.1 Å². The Labute approximate surface area is 293 Å². The molecule has 1 amide bonds. The van der Waals surface area contributed by atoms with Gasteiger partial charge in [0, 0.05) is 42.8 Å². The normalized spacial score (nSPS) is 19.1. The van der Waals surface area contributed by atoms with Crippen molar-refractivity contribution in [2.45, 2.75) is 89.6 Å². The lowest BCUT2D eigenvalue weighted by Gasteiger charge is -2.27. The van der Waals surface area contributed by atoms with Gasteiger partial charge in [-0.1, -0.05) is 63.4 Å². The molecule has 2 N–H and O–H groups in total. The monoisotopic (exact) mass is 708 g/mol. The van der Waals surface area contributed by atoms with Gasteiger partial charge in [-0.2, -0.15) is 24.4 Å². The maximum atomic E-state index is 13.5. The summed E-state index contributed by atoms with van der Waals surface area (Å²) in [6, 6.07) is 12.6. The molecule has 8 nitrogen and oxygen atoms in total. The Hall–Kier alpha value is -2.05. The molecule has 2 fully saturated rings. The standard InChI is InChI=1S/C33H46N2O6S2.C2H6.CH4S/c1-23-9-7-8-12-28(23)30-17-25(13-14-29(30)32(36)34-31(33(37)38)15-16-43(3,39)40)19-35-20-27(42-2)18-26(35)22-41-21-24-10-5-4-6-11-24;2*1-2/h7-9,12-14,17,24,26-27,31H,4-6,10-11,15-16,18-22H2,1-3H3,(H,34,36)(H,37,38);1-2H3;2H,1H3/t26?,27-,31?;;/m0../s1. The van der Waals surface area contributed by atoms with Crippen molar-refractivity contribution in [3.63, 3.8) is 0 Å². The van der Waals surface area contributed by atoms with Gasteiger partial charge in [-0.25, -0.2) is 13.2 Å². The van der Waals surface area contributed by atoms with Crippen LogP contribution in [0.1, 0.15) is 80.3 Å². The number of hydrogen-bond acceptors (Lipinski definition) is 8. The molecule has 2 unspecified atom stereocenters. The predicted octanol–water partition coefficient (Wildman–Crippen LogP) is 6.75. The van der Waals surface area contributed by atoms with Crippen LogP contribution in [-0.4, -0.2) is 91.9 Å². The van der Waals surface area contributed by atoms with Crippen molar-refractivity contribution in [1.82, 2.24) is 10.2 Å². The summed E-state index contributed by atoms with van der Waals surface area (Å²) in [5.74, 6) is -1.45. The number of carbonyl (C=O) groups excluding carboxylic acids is 1. The van der Waals surface area contributed by atoms with Gasteiger partial charge in [-0.3, -0.25) is 9.69 Å². The SMILES string of the molecule is CC.CS.CS[C@H]1CC(COCC2CCCCC2)N(Cc2ccc(C(=O)NC(CCS(C)(=O)=O)C(=O)O)c(-c3ccccc3C)c2)C1. The first-order chi connectivity index (χ1) is 22.5. The molecule has 47 heavy (non-hydrogen) atoms. The van der Waals surface area contributed by atoms with Crippen LogP contribution in [0.15, 0.2) is 42.5 Å². The number of aryl methyl sites for hydroxylation is 1. The highest BCUT2D eigenvalue weighted by Crippen LogP contribution is 2.32. The topological polar surface area (TPSA) is 113 Å². The number of likely N-dealkylation sites (tertiary alicyclic amines) is 1. The van der Waals surface area contributed by atoms with Crippen molar-refractivity contribution in [2.24, 2.45) is 5.92 Å². The summed E-state index contributed by atoms with van der Waals surface area (Å²) >= 11 is 5.43. The van der Waals surface area contributed by atoms with Crippen molar-refractivity contribution in [3.05, 3.63) is 59.2 Å². The van der Waals surface area contributed by atoms with Gasteiger partial charge < -0.3 is 15.2 Å². The van der Waals surface area contributed by atoms with Crippen LogP contribution in [0.4, 0.5) is 0 Å². The Morgan fingerprint density at radius 2 is 1.74 bits per heavy atom. The molecular weight excluding hydrogens is 653 g/mol. The maximum absolute atomic E-state index is 13.5. The number of sulfone groups is 1. The van der Waals surface area contributed by atoms with Gasteiger partial charge in [-0.05, 0) is 85.4 Å². The van der Waals surface area contributed by atoms with Crippen molar-refractivity contribution >= 4 is 46.1 Å². The predicted molar refractivity (Wildman–Crippen MR) is 200 cm³/mol. The Bertz CT molecular complexity index is 1360. The zero-order chi connectivity index (χ0) is 35.0. The van der Waals surface area contributed by atoms with Crippen LogP contribution < -0.4 is 5.32 Å². The fourth-order valence-corrected chi connectivity index (χ4v) is 7.66. The van der Waals surface area contributed by atoms with Gasteiger partial charge in [0.05, 0.1) is 12.4 Å². The molecule has 2 aromatic carbocycles. The molecule has 0 aromatic heterocycles. The molecule has 1 heterocycles. The number of nitrogens with one attached hydrogen (secondary N) is 1. The molecule has 0 bridgehead atoms. The molecule has 264 valence electrons. The Morgan fingerprint density at radius 1 is 1.06 bits per heavy atom. The van der Waals surface area contributed by atoms with Crippen molar-refractivity contribution in [2.75, 3.05) is 44.3 Å². The summed E-state index contributed by atoms with van der Waals surface area (Å²) < 4.78 is 29.6. The molecule has 11 heteroatoms. The first-order valence-corrected chi connectivity index (χ1v) is 21.0. The smallest absolute Gasteiger partial charge is 0.326 e. The van der Waals surface area contributed by atoms with Gasteiger partial charge in [0.15, 0.2) is 0 Å². The third-order valence-corrected chi connectivity index (χ3v) is 10.7. The Morgan fingerprint density at radius 3 is 2.36 bits per heavy atom. The average molecular weight is 709 g/mol. The molecule has 1 saturated heterocycles. The second kappa shape index (κ2) is 21.1. The summed E-state index contributed by atoms with van der Waals surface area (Å²) in [5.41, 5.74) is 4.05. The van der Waals surface area contributed by atoms with E-state index in [1.165, 1.54) is 32.1 Å². The molecule has 4 rings (SSSR count). The van der Waals surface area contributed by atoms with Gasteiger partial charge in [-0.15, -0.1) is 0 Å². The highest BCUT2D eigenvalue weighted by Gasteiger charge is 2.32. The number of thiol groups is 1. The van der Waals surface area contributed by atoms with Crippen LogP contribution in [0.5, 0.6) is 0 Å². The number of benzene rings is 2. The minimum absolute atomic E-state index is 0.201. The van der Waals surface area contributed by atoms with Gasteiger partial charge >= 0.3 is 5.97 Å². The quantitative estimate of drug-likeness (QED) is 0.185. The van der Waals surface area contributed by atoms with E-state index in [1.807, 2.05) is 68.9 Å². The van der Waals surface area contributed by atoms with Gasteiger partial charge in [0.25, 0.3) is 5.91 Å². The Kier molecular flexibility index (Phi) is 18.5. The van der Waals surface area contributed by atoms with E-state index >= 15 is 0 Å². The fraction of sp³-hybridized carbons (Fsp3) is 0.611. The van der Waals surface area contributed by atoms with E-state index in [-0.39, 0.29) is 12.2 Å². The van der Waals surface area contributed by atoms with E-state index in [1.54, 1.807) is 12.3 Å². The lowest BCUT2D eigenvalue weighted by Crippen LogP contribution is -2.42. The number of amides is 1. The van der Waals surface area contributed by atoms with Crippen LogP contribution in [-0.2, 0) is 25.9 Å². The van der Waals surface area contributed by atoms with Crippen molar-refractivity contribution in [1.29, 1.82) is 0 Å². The molecule has 1 aliphatic carbocycles. The third-order valence-electron chi connectivity index (χ3n) is 8.74. The van der Waals surface area contributed by atoms with E-state index in [0.717, 1.165) is 61.2 Å². The second-order valence-corrected chi connectivity index (χ2v) is 15.6. The zero-order valence-corrected chi connectivity index (χ0v) is 31.6. The van der Waals surface area contributed by atoms with Crippen LogP contribution in [0, 0.1) is 12.8 Å². The number of rotatable bonds is 14. The van der Waals surface area contributed by atoms with Crippen LogP contribution in [0.2, 0.25) is 0 Å². The number of carboxylic acids is 1. The largest absolute Gasteiger partial charge is 0.480 e. The second-order valence-electron chi connectivity index (χ2n) is 12.2. The molecule has 3 atom stereocenters. The number of thioether (sulfide) groups is 1. The van der Waals surface area contributed by atoms with Crippen molar-refractivity contribution in [3.8, 4) is 11.1 Å². The number of aliphatic carboxylic acids is 1. The zero-order valence-electron chi connectivity index (χ0n) is 29.0. The number of ether oxygens (including phenoxy) is 1. The van der Waals surface area contributed by atoms with E-state index in [4.69, 9.17) is 4.74 Å². The lowest BCUT2D eigenvalue weighted by molar-refractivity contribution is -0.139. The first-order valence-electron chi connectivity index (χ1n) is 16.7. The van der Waals surface area contributed by atoms with Crippen LogP contribution >= 0.6 is 24.4 Å². The lowest BCUT2D eigenvalue weighted by atomic mass is 9.90. The maximum Gasteiger partial charge on any atom is 0.326 e. The summed E-state index contributed by atoms with van der Waals surface area (Å²) in [6.45, 7) is 9.25. The molecule has 2 aromatic rings. The van der Waals surface area contributed by atoms with Gasteiger partial charge in [0.1, 0.15) is 15.9 Å². The van der Waals surface area contributed by atoms with Crippen LogP contribution in [0.3, 0.4) is 0 Å². The van der Waals surface area contributed by atoms with Crippen LogP contribution in [0.25, 0.3) is 11.1 Å². The summed E-state index contributed by atoms with van der Waals surface area (Å²) in [6.07, 6.45) is 12.3. The number of carbonyl (C=O) groups is 2. The highest BCUT2D eigenvalue weighted by atomic mass is 32.2. The fourth-order valence-electron chi connectivity index (χ4n) is 6.25. The first kappa shape index (κ1) is 41.1. The molecule has 1 saturated carbocycles. The molecule has 0 spiro atoms. The minimum Gasteiger partial charge on any atom is -0.480 e. The van der Waals surface area contributed by atoms with E-state index in [0.29, 0.717) is 22.8 Å². The molecule has 2 aliphatic rings. The summed E-state index contributed by atoms with van der Waals surface area (Å²) in [5, 5.41) is 12.8. The van der Waals surface area contributed by atoms with Gasteiger partial charge in [0.2, 0.25) is 0 Å². The highest BCUT2D eigenvalue weighted by molar-refractivity contribution is 7.99. The van der Waals surface area contributed by atoms with E-state index in [2.05, 4.69) is 29.1 Å². The molecular formula is C36H56N2O6S3. The molecule has 0 radical (unpaired) electrons. The van der Waals surface area contributed by atoms with E-state index < -0.39 is 27.8 Å². The third kappa shape index (κ3) is 13.4. The number of hydrogen-bond donors (Lipinski definition) is 3. The summed E-state index contributed by atoms with van der Waals surface area (Å²) in [4.78, 5) is 27.8. The summed E-state index contributed by atoms with van der Waals surface area (Å²) in [7, 11) is -3.38. The Balaban J connectivity index is 0.00000185. The average Bonchev–Trinajstić information content (AvgIpc) is 3.46. The number of nitrogens with zero attached hydrogens (tertiary/aromatic N) is 1. The minimum atomic E-state index is -3.38. The molecule has 1 aliphatic heterocycles.